The summed E-state index contributed by atoms with van der Waals surface area (Å²) in [7, 11) is 0. The van der Waals surface area contributed by atoms with Crippen LogP contribution in [-0.4, -0.2) is 16.0 Å². The number of nitro groups is 1. The summed E-state index contributed by atoms with van der Waals surface area (Å²) in [6.45, 7) is 3.98. The van der Waals surface area contributed by atoms with E-state index in [1.54, 1.807) is 36.4 Å². The molecule has 4 rings (SSSR count). The summed E-state index contributed by atoms with van der Waals surface area (Å²) in [6.07, 6.45) is 1.60. The predicted octanol–water partition coefficient (Wildman–Crippen LogP) is 5.36. The van der Waals surface area contributed by atoms with Crippen LogP contribution in [0.15, 0.2) is 68.9 Å². The van der Waals surface area contributed by atoms with Crippen molar-refractivity contribution in [1.82, 2.24) is 5.32 Å². The summed E-state index contributed by atoms with van der Waals surface area (Å²) < 4.78 is 5.74. The molecule has 1 N–H and O–H groups in total. The number of carbonyl (C=O) groups excluding carboxylic acids is 1. The molecule has 30 heavy (non-hydrogen) atoms. The topological polar surface area (TPSA) is 97.7 Å². The van der Waals surface area contributed by atoms with Gasteiger partial charge in [0.1, 0.15) is 11.5 Å². The molecular weight excluding hydrogens is 402 g/mol. The zero-order valence-corrected chi connectivity index (χ0v) is 17.0. The Kier molecular flexibility index (Phi) is 5.24. The molecule has 0 saturated carbocycles. The van der Waals surface area contributed by atoms with Crippen LogP contribution in [0, 0.1) is 24.0 Å². The molecule has 0 spiro atoms. The number of nitrogens with zero attached hydrogens (tertiary/aromatic N) is 2. The number of rotatable bonds is 4. The first kappa shape index (κ1) is 19.7. The molecular formula is C22H17N3O4S. The second-order valence-corrected chi connectivity index (χ2v) is 7.78. The second kappa shape index (κ2) is 8.00. The molecule has 0 atom stereocenters. The number of amidine groups is 1. The van der Waals surface area contributed by atoms with E-state index in [0.717, 1.165) is 16.8 Å². The van der Waals surface area contributed by atoms with E-state index in [9.17, 15) is 14.9 Å². The Morgan fingerprint density at radius 3 is 2.70 bits per heavy atom. The number of furan rings is 1. The summed E-state index contributed by atoms with van der Waals surface area (Å²) in [5.74, 6) is 0.516. The predicted molar refractivity (Wildman–Crippen MR) is 118 cm³/mol. The van der Waals surface area contributed by atoms with E-state index < -0.39 is 4.92 Å². The Morgan fingerprint density at radius 2 is 1.93 bits per heavy atom. The molecule has 3 aromatic rings. The maximum absolute atomic E-state index is 12.3. The minimum absolute atomic E-state index is 0.0399. The van der Waals surface area contributed by atoms with Crippen LogP contribution in [0.3, 0.4) is 0 Å². The minimum atomic E-state index is -0.452. The molecule has 2 heterocycles. The van der Waals surface area contributed by atoms with E-state index in [2.05, 4.69) is 10.3 Å². The highest BCUT2D eigenvalue weighted by Crippen LogP contribution is 2.33. The highest BCUT2D eigenvalue weighted by Gasteiger charge is 2.25. The number of aryl methyl sites for hydroxylation is 2. The Balaban J connectivity index is 1.59. The van der Waals surface area contributed by atoms with Gasteiger partial charge < -0.3 is 9.73 Å². The Bertz CT molecular complexity index is 1230. The number of hydrogen-bond acceptors (Lipinski definition) is 6. The van der Waals surface area contributed by atoms with Crippen molar-refractivity contribution in [2.45, 2.75) is 13.8 Å². The molecule has 8 heteroatoms. The van der Waals surface area contributed by atoms with Gasteiger partial charge in [0, 0.05) is 12.1 Å². The highest BCUT2D eigenvalue weighted by atomic mass is 32.2. The number of thioether (sulfide) groups is 1. The first-order valence-corrected chi connectivity index (χ1v) is 9.93. The minimum Gasteiger partial charge on any atom is -0.456 e. The smallest absolute Gasteiger partial charge is 0.280 e. The van der Waals surface area contributed by atoms with Crippen LogP contribution in [0.4, 0.5) is 11.4 Å². The first-order chi connectivity index (χ1) is 14.4. The van der Waals surface area contributed by atoms with Gasteiger partial charge in [-0.05, 0) is 55.4 Å². The van der Waals surface area contributed by atoms with Crippen molar-refractivity contribution >= 4 is 40.3 Å². The van der Waals surface area contributed by atoms with Gasteiger partial charge in [0.05, 0.1) is 21.1 Å². The molecule has 0 radical (unpaired) electrons. The Morgan fingerprint density at radius 1 is 1.13 bits per heavy atom. The van der Waals surface area contributed by atoms with E-state index >= 15 is 0 Å². The highest BCUT2D eigenvalue weighted by molar-refractivity contribution is 8.18. The van der Waals surface area contributed by atoms with Gasteiger partial charge in [0.15, 0.2) is 5.17 Å². The normalized spacial score (nSPS) is 16.3. The lowest BCUT2D eigenvalue weighted by Crippen LogP contribution is -2.19. The van der Waals surface area contributed by atoms with Crippen LogP contribution in [0.2, 0.25) is 0 Å². The standard InChI is InChI=1S/C22H17N3O4S/c1-13-7-9-17(14(2)11-13)23-22-24-21(26)20(30-22)12-15-8-10-19(29-15)16-5-3-4-6-18(16)25(27)28/h3-12H,1-2H3,(H,23,24,26). The van der Waals surface area contributed by atoms with Gasteiger partial charge >= 0.3 is 0 Å². The van der Waals surface area contributed by atoms with Crippen LogP contribution in [-0.2, 0) is 4.79 Å². The van der Waals surface area contributed by atoms with Crippen LogP contribution < -0.4 is 5.32 Å². The van der Waals surface area contributed by atoms with E-state index in [1.807, 2.05) is 32.0 Å². The molecule has 1 aliphatic rings. The number of nitrogens with one attached hydrogen (secondary N) is 1. The van der Waals surface area contributed by atoms with Gasteiger partial charge in [-0.3, -0.25) is 14.9 Å². The van der Waals surface area contributed by atoms with Crippen molar-refractivity contribution in [1.29, 1.82) is 0 Å². The Labute approximate surface area is 176 Å². The molecule has 0 bridgehead atoms. The molecule has 1 saturated heterocycles. The summed E-state index contributed by atoms with van der Waals surface area (Å²) in [5, 5.41) is 14.5. The fraction of sp³-hybridized carbons (Fsp3) is 0.0909. The molecule has 7 nitrogen and oxygen atoms in total. The summed E-state index contributed by atoms with van der Waals surface area (Å²) in [5.41, 5.74) is 3.30. The van der Waals surface area contributed by atoms with Crippen molar-refractivity contribution in [2.75, 3.05) is 0 Å². The van der Waals surface area contributed by atoms with E-state index in [4.69, 9.17) is 4.42 Å². The third kappa shape index (κ3) is 4.04. The second-order valence-electron chi connectivity index (χ2n) is 6.75. The zero-order valence-electron chi connectivity index (χ0n) is 16.2. The van der Waals surface area contributed by atoms with E-state index in [1.165, 1.54) is 17.8 Å². The number of carbonyl (C=O) groups is 1. The van der Waals surface area contributed by atoms with Crippen LogP contribution in [0.5, 0.6) is 0 Å². The number of para-hydroxylation sites is 1. The van der Waals surface area contributed by atoms with Crippen LogP contribution in [0.1, 0.15) is 16.9 Å². The lowest BCUT2D eigenvalue weighted by molar-refractivity contribution is -0.384. The lowest BCUT2D eigenvalue weighted by Gasteiger charge is -2.02. The van der Waals surface area contributed by atoms with E-state index in [-0.39, 0.29) is 11.6 Å². The number of amides is 1. The van der Waals surface area contributed by atoms with Crippen LogP contribution in [0.25, 0.3) is 17.4 Å². The molecule has 1 fully saturated rings. The van der Waals surface area contributed by atoms with Crippen molar-refractivity contribution in [2.24, 2.45) is 4.99 Å². The lowest BCUT2D eigenvalue weighted by atomic mass is 10.1. The quantitative estimate of drug-likeness (QED) is 0.349. The van der Waals surface area contributed by atoms with Gasteiger partial charge in [0.2, 0.25) is 0 Å². The molecule has 1 amide bonds. The van der Waals surface area contributed by atoms with Gasteiger partial charge in [0.25, 0.3) is 11.6 Å². The third-order valence-electron chi connectivity index (χ3n) is 4.49. The van der Waals surface area contributed by atoms with Gasteiger partial charge in [-0.2, -0.15) is 0 Å². The summed E-state index contributed by atoms with van der Waals surface area (Å²) >= 11 is 1.22. The monoisotopic (exact) mass is 419 g/mol. The average Bonchev–Trinajstić information content (AvgIpc) is 3.31. The fourth-order valence-electron chi connectivity index (χ4n) is 3.07. The molecule has 1 aliphatic heterocycles. The number of benzene rings is 2. The number of aliphatic imine (C=N–C) groups is 1. The molecule has 2 aromatic carbocycles. The third-order valence-corrected chi connectivity index (χ3v) is 5.40. The Hall–Kier alpha value is -3.65. The van der Waals surface area contributed by atoms with Crippen molar-refractivity contribution in [3.05, 3.63) is 86.5 Å². The molecule has 0 unspecified atom stereocenters. The van der Waals surface area contributed by atoms with Crippen molar-refractivity contribution < 1.29 is 14.1 Å². The number of hydrogen-bond donors (Lipinski definition) is 1. The van der Waals surface area contributed by atoms with E-state index in [0.29, 0.717) is 27.2 Å². The fourth-order valence-corrected chi connectivity index (χ4v) is 3.88. The van der Waals surface area contributed by atoms with Crippen LogP contribution >= 0.6 is 11.8 Å². The van der Waals surface area contributed by atoms with Gasteiger partial charge in [-0.15, -0.1) is 0 Å². The molecule has 150 valence electrons. The first-order valence-electron chi connectivity index (χ1n) is 9.11. The molecule has 0 aliphatic carbocycles. The van der Waals surface area contributed by atoms with Crippen molar-refractivity contribution in [3.63, 3.8) is 0 Å². The number of nitro benzene ring substituents is 1. The average molecular weight is 419 g/mol. The maximum atomic E-state index is 12.3. The summed E-state index contributed by atoms with van der Waals surface area (Å²) in [6, 6.07) is 15.6. The van der Waals surface area contributed by atoms with Gasteiger partial charge in [-0.1, -0.05) is 29.8 Å². The largest absolute Gasteiger partial charge is 0.456 e. The zero-order chi connectivity index (χ0) is 21.3. The van der Waals surface area contributed by atoms with Crippen molar-refractivity contribution in [3.8, 4) is 11.3 Å². The molecule has 1 aromatic heterocycles. The maximum Gasteiger partial charge on any atom is 0.280 e. The SMILES string of the molecule is Cc1ccc(N=C2NC(=O)C(=Cc3ccc(-c4ccccc4[N+](=O)[O-])o3)S2)c(C)c1. The van der Waals surface area contributed by atoms with Gasteiger partial charge in [-0.25, -0.2) is 4.99 Å². The summed E-state index contributed by atoms with van der Waals surface area (Å²) in [4.78, 5) is 28.1.